The Kier molecular flexibility index (Phi) is 65.5. The summed E-state index contributed by atoms with van der Waals surface area (Å²) in [6.07, 6.45) is 3.40. The zero-order valence-electron chi connectivity index (χ0n) is 86.7. The van der Waals surface area contributed by atoms with Crippen molar-refractivity contribution in [2.75, 3.05) is 285 Å². The van der Waals surface area contributed by atoms with Gasteiger partial charge in [0.05, 0.1) is 305 Å². The van der Waals surface area contributed by atoms with E-state index in [1.54, 1.807) is 155 Å². The average Bonchev–Trinajstić information content (AvgIpc) is 1.64. The molecular weight excluding hydrogens is 1940 g/mol. The second-order valence-electron chi connectivity index (χ2n) is 34.4. The largest absolute Gasteiger partial charge is 0.487 e. The molecule has 6 aromatic rings. The number of rotatable bonds is 84. The van der Waals surface area contributed by atoms with Gasteiger partial charge in [0.1, 0.15) is 53.3 Å². The van der Waals surface area contributed by atoms with Crippen molar-refractivity contribution in [2.24, 2.45) is 5.73 Å². The lowest BCUT2D eigenvalue weighted by Crippen LogP contribution is -2.42. The number of fused-ring (bicyclic) bond motifs is 2. The summed E-state index contributed by atoms with van der Waals surface area (Å²) >= 11 is 0. The van der Waals surface area contributed by atoms with Crippen molar-refractivity contribution in [3.8, 4) is 11.5 Å². The number of carboxylic acids is 1. The first kappa shape index (κ1) is 126. The highest BCUT2D eigenvalue weighted by Gasteiger charge is 2.36. The number of carbonyl (C=O) groups excluding carboxylic acids is 9. The van der Waals surface area contributed by atoms with E-state index in [1.165, 1.54) is 16.8 Å². The SMILES string of the molecule is CC(C)(C)OC(=O)NCCn1cc(COc2ccc(C[C@H](NC(=O)CCOCCOCCOCCOCCN3C(=O)c4ccccc4C3=O)C(=O)O)cc2)nn1.CN.COCCOCCOCCOCCOCCOCCOCCOCCOCCOCCOCCCC(=O)[C@H](Cc1ccc(OCc2cn(CCNC(=O)OC(C)(C)C)nn2)cc1)NC(=O)CCOCCOCCOCCOCCN1C(=O)c2ccccc2C1=O. The predicted octanol–water partition coefficient (Wildman–Crippen LogP) is 5.14. The molecular formula is C101H153N13O34. The van der Waals surface area contributed by atoms with Crippen LogP contribution in [0.1, 0.15) is 131 Å². The van der Waals surface area contributed by atoms with Gasteiger partial charge in [-0.1, -0.05) is 59.0 Å². The Balaban J connectivity index is 0.000000492. The Bertz CT molecular complexity index is 4610. The van der Waals surface area contributed by atoms with E-state index >= 15 is 0 Å². The number of amides is 8. The quantitative estimate of drug-likeness (QED) is 0.0212. The minimum absolute atomic E-state index is 0.0163. The van der Waals surface area contributed by atoms with Crippen molar-refractivity contribution < 1.29 is 162 Å². The fourth-order valence-corrected chi connectivity index (χ4v) is 13.2. The van der Waals surface area contributed by atoms with Crippen LogP contribution < -0.4 is 36.5 Å². The molecule has 2 aliphatic heterocycles. The molecule has 4 heterocycles. The van der Waals surface area contributed by atoms with Crippen LogP contribution in [0.4, 0.5) is 9.59 Å². The number of imide groups is 2. The number of nitrogens with zero attached hydrogens (tertiary/aromatic N) is 8. The maximum absolute atomic E-state index is 13.6. The summed E-state index contributed by atoms with van der Waals surface area (Å²) in [6, 6.07) is 25.7. The van der Waals surface area contributed by atoms with Gasteiger partial charge in [0.15, 0.2) is 5.78 Å². The van der Waals surface area contributed by atoms with Crippen LogP contribution in [-0.4, -0.2) is 412 Å². The molecule has 0 bridgehead atoms. The summed E-state index contributed by atoms with van der Waals surface area (Å²) in [4.78, 5) is 127. The molecule has 0 aliphatic carbocycles. The molecule has 0 fully saturated rings. The monoisotopic (exact) mass is 2090 g/mol. The third kappa shape index (κ3) is 57.0. The van der Waals surface area contributed by atoms with Crippen molar-refractivity contribution in [3.63, 3.8) is 0 Å². The van der Waals surface area contributed by atoms with E-state index in [1.807, 2.05) is 12.1 Å². The summed E-state index contributed by atoms with van der Waals surface area (Å²) in [5.74, 6) is -2.22. The second-order valence-corrected chi connectivity index (χ2v) is 34.4. The smallest absolute Gasteiger partial charge is 0.407 e. The van der Waals surface area contributed by atoms with E-state index in [4.69, 9.17) is 109 Å². The third-order valence-corrected chi connectivity index (χ3v) is 20.4. The molecule has 2 atom stereocenters. The van der Waals surface area contributed by atoms with E-state index < -0.39 is 47.3 Å². The summed E-state index contributed by atoms with van der Waals surface area (Å²) in [7, 11) is 3.14. The molecule has 148 heavy (non-hydrogen) atoms. The van der Waals surface area contributed by atoms with Gasteiger partial charge in [-0.15, -0.1) is 10.2 Å². The number of alkyl carbamates (subject to hydrolysis) is 2. The highest BCUT2D eigenvalue weighted by molar-refractivity contribution is 6.22. The number of nitrogens with one attached hydrogen (secondary N) is 4. The number of hydrogen-bond donors (Lipinski definition) is 6. The molecule has 0 radical (unpaired) electrons. The number of aliphatic carboxylic acids is 1. The number of ether oxygens (including phenoxy) is 23. The van der Waals surface area contributed by atoms with Crippen molar-refractivity contribution in [1.29, 1.82) is 0 Å². The van der Waals surface area contributed by atoms with E-state index in [2.05, 4.69) is 47.6 Å². The Morgan fingerprint density at radius 2 is 0.615 bits per heavy atom. The zero-order chi connectivity index (χ0) is 107. The Morgan fingerprint density at radius 1 is 0.345 bits per heavy atom. The number of carboxylic acid groups (broad SMARTS) is 1. The molecule has 8 rings (SSSR count). The van der Waals surface area contributed by atoms with Crippen molar-refractivity contribution in [2.45, 2.75) is 130 Å². The molecule has 7 N–H and O–H groups in total. The fourth-order valence-electron chi connectivity index (χ4n) is 13.2. The second kappa shape index (κ2) is 77.2. The number of carbonyl (C=O) groups is 10. The molecule has 826 valence electrons. The first-order valence-corrected chi connectivity index (χ1v) is 49.7. The Hall–Kier alpha value is -11.1. The van der Waals surface area contributed by atoms with Crippen molar-refractivity contribution >= 4 is 59.4 Å². The van der Waals surface area contributed by atoms with E-state index in [0.29, 0.717) is 275 Å². The molecule has 8 amide bonds. The molecule has 47 nitrogen and oxygen atoms in total. The number of benzene rings is 4. The molecule has 2 aromatic heterocycles. The Labute approximate surface area is 864 Å². The molecule has 0 saturated carbocycles. The normalized spacial score (nSPS) is 12.7. The number of Topliss-reactive ketones (excluding diaryl/α,β-unsaturated/α-hetero) is 1. The molecule has 2 aliphatic rings. The maximum atomic E-state index is 13.6. The lowest BCUT2D eigenvalue weighted by atomic mass is 9.99. The molecule has 0 saturated heterocycles. The van der Waals surface area contributed by atoms with Gasteiger partial charge >= 0.3 is 18.2 Å². The molecule has 0 unspecified atom stereocenters. The highest BCUT2D eigenvalue weighted by atomic mass is 16.6. The van der Waals surface area contributed by atoms with Crippen molar-refractivity contribution in [1.82, 2.24) is 61.1 Å². The van der Waals surface area contributed by atoms with Crippen LogP contribution in [0, 0.1) is 0 Å². The van der Waals surface area contributed by atoms with Crippen LogP contribution in [0.2, 0.25) is 0 Å². The third-order valence-electron chi connectivity index (χ3n) is 20.4. The van der Waals surface area contributed by atoms with E-state index in [-0.39, 0.29) is 147 Å². The van der Waals surface area contributed by atoms with Gasteiger partial charge in [0.2, 0.25) is 11.8 Å². The zero-order valence-corrected chi connectivity index (χ0v) is 86.7. The standard InChI is InChI=1S/C62H98N6O22.C38H50N6O12.CH5N/c1-62(2,3)90-61(73)63-16-17-67-49-52(65-66-67)50-89-53-13-11-51(12-14-53)48-56(64-58(70)15-20-76-25-28-80-33-34-81-29-26-77-21-18-68-59(71)54-8-5-6-9-55(54)60(68)72)57(69)10-7-19-75-24-27-79-32-35-83-38-39-85-42-43-87-46-47-88-45-44-86-41-40-84-37-36-82-31-30-78-23-22-74-4;1-38(2,3)56-37(50)39-13-14-43-25-28(41-42-43)26-55-29-10-8-27(9-11-29)24-32(36(48)49)40-33(45)12-16-51-18-20-53-22-23-54-21-19-52-17-15-44-34(46)30-6-4-5-7-31(30)35(44)47;1-2/h5-6,8-9,11-14,49,56H,7,10,15-48,50H2,1-4H3,(H,63,73)(H,64,70);4-11,25,32H,12-24,26H2,1-3H3,(H,39,50)(H,40,45)(H,48,49);2H2,1H3/t56-;32-;/m00./s1. The first-order chi connectivity index (χ1) is 71.8. The van der Waals surface area contributed by atoms with Crippen LogP contribution in [-0.2, 0) is 158 Å². The summed E-state index contributed by atoms with van der Waals surface area (Å²) < 4.78 is 130. The van der Waals surface area contributed by atoms with E-state index in [0.717, 1.165) is 5.56 Å². The molecule has 47 heteroatoms. The van der Waals surface area contributed by atoms with Crippen LogP contribution in [0.25, 0.3) is 0 Å². The van der Waals surface area contributed by atoms with Crippen LogP contribution in [0.3, 0.4) is 0 Å². The van der Waals surface area contributed by atoms with Gasteiger partial charge < -0.3 is 141 Å². The summed E-state index contributed by atoms with van der Waals surface area (Å²) in [5, 5.41) is 36.8. The number of aromatic nitrogens is 6. The lowest BCUT2D eigenvalue weighted by Gasteiger charge is -2.19. The first-order valence-electron chi connectivity index (χ1n) is 49.7. The number of hydrogen-bond acceptors (Lipinski definition) is 38. The van der Waals surface area contributed by atoms with Gasteiger partial charge in [-0.05, 0) is 121 Å². The topological polar surface area (TPSA) is 545 Å². The predicted molar refractivity (Wildman–Crippen MR) is 533 cm³/mol. The van der Waals surface area contributed by atoms with Crippen LogP contribution in [0.15, 0.2) is 109 Å². The number of ketones is 1. The minimum Gasteiger partial charge on any atom is -0.487 e. The molecule has 0 spiro atoms. The van der Waals surface area contributed by atoms with Gasteiger partial charge in [0.25, 0.3) is 23.6 Å². The summed E-state index contributed by atoms with van der Waals surface area (Å²) in [6.45, 7) is 26.6. The van der Waals surface area contributed by atoms with Crippen molar-refractivity contribution in [3.05, 3.63) is 154 Å². The van der Waals surface area contributed by atoms with E-state index in [9.17, 15) is 53.1 Å². The lowest BCUT2D eigenvalue weighted by molar-refractivity contribution is -0.142. The van der Waals surface area contributed by atoms with Gasteiger partial charge in [-0.3, -0.25) is 52.7 Å². The number of methoxy groups -OCH3 is 1. The number of nitrogens with two attached hydrogens (primary N) is 1. The highest BCUT2D eigenvalue weighted by Crippen LogP contribution is 2.25. The van der Waals surface area contributed by atoms with Crippen LogP contribution >= 0.6 is 0 Å². The van der Waals surface area contributed by atoms with Gasteiger partial charge in [-0.25, -0.2) is 14.4 Å². The van der Waals surface area contributed by atoms with Crippen LogP contribution in [0.5, 0.6) is 11.5 Å². The Morgan fingerprint density at radius 3 is 0.905 bits per heavy atom. The minimum atomic E-state index is -1.16. The van der Waals surface area contributed by atoms with Gasteiger partial charge in [-0.2, -0.15) is 0 Å². The van der Waals surface area contributed by atoms with Gasteiger partial charge in [0, 0.05) is 52.5 Å². The summed E-state index contributed by atoms with van der Waals surface area (Å²) in [5.41, 5.74) is 7.63. The fraction of sp³-hybridized carbons (Fsp3) is 0.624. The maximum Gasteiger partial charge on any atom is 0.407 e. The molecule has 4 aromatic carbocycles. The average molecular weight is 2090 g/mol.